The Balaban J connectivity index is 2.26. The Morgan fingerprint density at radius 1 is 1.38 bits per heavy atom. The molecule has 112 valence electrons. The first-order chi connectivity index (χ1) is 10.0. The number of aliphatic carboxylic acids is 1. The van der Waals surface area contributed by atoms with E-state index in [1.807, 2.05) is 23.1 Å². The minimum absolute atomic E-state index is 0.0435. The fourth-order valence-electron chi connectivity index (χ4n) is 2.22. The SMILES string of the molecule is CCCc1nccn1-c1csc(C(=O)CCC(=O)O)c1C. The topological polar surface area (TPSA) is 72.2 Å². The molecular formula is C15H18N2O3S. The number of imidazole rings is 1. The van der Waals surface area contributed by atoms with Crippen LogP contribution in [-0.4, -0.2) is 26.4 Å². The van der Waals surface area contributed by atoms with Crippen LogP contribution in [0.15, 0.2) is 17.8 Å². The van der Waals surface area contributed by atoms with Gasteiger partial charge in [0.15, 0.2) is 5.78 Å². The van der Waals surface area contributed by atoms with Gasteiger partial charge in [0.2, 0.25) is 0 Å². The number of aryl methyl sites for hydroxylation is 1. The lowest BCUT2D eigenvalue weighted by Crippen LogP contribution is -2.05. The molecule has 0 atom stereocenters. The number of Topliss-reactive ketones (excluding diaryl/α,β-unsaturated/α-hetero) is 1. The van der Waals surface area contributed by atoms with E-state index in [2.05, 4.69) is 11.9 Å². The molecule has 0 aliphatic heterocycles. The average molecular weight is 306 g/mol. The van der Waals surface area contributed by atoms with Crippen LogP contribution < -0.4 is 0 Å². The van der Waals surface area contributed by atoms with Crippen molar-refractivity contribution in [3.05, 3.63) is 34.0 Å². The summed E-state index contributed by atoms with van der Waals surface area (Å²) in [7, 11) is 0. The van der Waals surface area contributed by atoms with Crippen LogP contribution in [0.25, 0.3) is 5.69 Å². The molecule has 0 aromatic carbocycles. The van der Waals surface area contributed by atoms with Crippen LogP contribution in [0.3, 0.4) is 0 Å². The quantitative estimate of drug-likeness (QED) is 0.797. The van der Waals surface area contributed by atoms with Gasteiger partial charge in [-0.3, -0.25) is 9.59 Å². The number of hydrogen-bond acceptors (Lipinski definition) is 4. The molecule has 0 aliphatic rings. The fraction of sp³-hybridized carbons (Fsp3) is 0.400. The van der Waals surface area contributed by atoms with Crippen molar-refractivity contribution in [2.24, 2.45) is 0 Å². The van der Waals surface area contributed by atoms with E-state index in [9.17, 15) is 9.59 Å². The monoisotopic (exact) mass is 306 g/mol. The number of rotatable bonds is 7. The maximum atomic E-state index is 12.1. The summed E-state index contributed by atoms with van der Waals surface area (Å²) in [4.78, 5) is 27.6. The Bertz CT molecular complexity index is 658. The molecule has 21 heavy (non-hydrogen) atoms. The molecule has 0 radical (unpaired) electrons. The van der Waals surface area contributed by atoms with Crippen LogP contribution in [0.1, 0.15) is 47.2 Å². The molecule has 6 heteroatoms. The number of thiophene rings is 1. The van der Waals surface area contributed by atoms with Gasteiger partial charge in [-0.2, -0.15) is 0 Å². The predicted octanol–water partition coefficient (Wildman–Crippen LogP) is 3.24. The fourth-order valence-corrected chi connectivity index (χ4v) is 3.25. The van der Waals surface area contributed by atoms with Gasteiger partial charge in [-0.05, 0) is 18.9 Å². The molecule has 2 heterocycles. The molecule has 0 spiro atoms. The number of nitrogens with zero attached hydrogens (tertiary/aromatic N) is 2. The molecule has 2 aromatic rings. The highest BCUT2D eigenvalue weighted by Gasteiger charge is 2.17. The first-order valence-electron chi connectivity index (χ1n) is 6.90. The highest BCUT2D eigenvalue weighted by atomic mass is 32.1. The van der Waals surface area contributed by atoms with E-state index in [0.29, 0.717) is 4.88 Å². The summed E-state index contributed by atoms with van der Waals surface area (Å²) in [5.74, 6) is -0.0798. The van der Waals surface area contributed by atoms with E-state index < -0.39 is 5.97 Å². The molecule has 1 N–H and O–H groups in total. The summed E-state index contributed by atoms with van der Waals surface area (Å²) in [6.45, 7) is 4.00. The lowest BCUT2D eigenvalue weighted by molar-refractivity contribution is -0.136. The standard InChI is InChI=1S/C15H18N2O3S/c1-3-4-13-16-7-8-17(13)11-9-21-15(10(11)2)12(18)5-6-14(19)20/h7-9H,3-6H2,1-2H3,(H,19,20). The second-order valence-corrected chi connectivity index (χ2v) is 5.74. The van der Waals surface area contributed by atoms with Gasteiger partial charge in [-0.25, -0.2) is 4.98 Å². The highest BCUT2D eigenvalue weighted by Crippen LogP contribution is 2.27. The smallest absolute Gasteiger partial charge is 0.303 e. The van der Waals surface area contributed by atoms with Gasteiger partial charge in [-0.1, -0.05) is 6.92 Å². The van der Waals surface area contributed by atoms with Crippen LogP contribution >= 0.6 is 11.3 Å². The lowest BCUT2D eigenvalue weighted by atomic mass is 10.1. The van der Waals surface area contributed by atoms with Crippen molar-refractivity contribution >= 4 is 23.1 Å². The number of carbonyl (C=O) groups is 2. The molecule has 2 rings (SSSR count). The van der Waals surface area contributed by atoms with Crippen molar-refractivity contribution in [3.63, 3.8) is 0 Å². The molecule has 5 nitrogen and oxygen atoms in total. The highest BCUT2D eigenvalue weighted by molar-refractivity contribution is 7.12. The average Bonchev–Trinajstić information content (AvgIpc) is 3.03. The van der Waals surface area contributed by atoms with Crippen molar-refractivity contribution in [2.75, 3.05) is 0 Å². The first kappa shape index (κ1) is 15.4. The van der Waals surface area contributed by atoms with Gasteiger partial charge in [0.1, 0.15) is 5.82 Å². The van der Waals surface area contributed by atoms with Gasteiger partial charge in [0.25, 0.3) is 0 Å². The van der Waals surface area contributed by atoms with E-state index >= 15 is 0 Å². The summed E-state index contributed by atoms with van der Waals surface area (Å²) < 4.78 is 2.00. The normalized spacial score (nSPS) is 10.8. The number of aromatic nitrogens is 2. The third-order valence-electron chi connectivity index (χ3n) is 3.28. The molecule has 0 fully saturated rings. The number of carboxylic acids is 1. The number of carbonyl (C=O) groups excluding carboxylic acids is 1. The zero-order valence-corrected chi connectivity index (χ0v) is 12.9. The summed E-state index contributed by atoms with van der Waals surface area (Å²) in [6.07, 6.45) is 5.45. The first-order valence-corrected chi connectivity index (χ1v) is 7.78. The summed E-state index contributed by atoms with van der Waals surface area (Å²) in [6, 6.07) is 0. The van der Waals surface area contributed by atoms with Crippen molar-refractivity contribution in [2.45, 2.75) is 39.5 Å². The van der Waals surface area contributed by atoms with Gasteiger partial charge in [-0.15, -0.1) is 11.3 Å². The number of hydrogen-bond donors (Lipinski definition) is 1. The van der Waals surface area contributed by atoms with Gasteiger partial charge >= 0.3 is 5.97 Å². The molecule has 0 saturated heterocycles. The lowest BCUT2D eigenvalue weighted by Gasteiger charge is -2.07. The molecule has 0 unspecified atom stereocenters. The Hall–Kier alpha value is -1.95. The van der Waals surface area contributed by atoms with Crippen LogP contribution in [-0.2, 0) is 11.2 Å². The predicted molar refractivity (Wildman–Crippen MR) is 81.4 cm³/mol. The van der Waals surface area contributed by atoms with Crippen molar-refractivity contribution in [1.82, 2.24) is 9.55 Å². The minimum Gasteiger partial charge on any atom is -0.481 e. The molecule has 2 aromatic heterocycles. The third-order valence-corrected chi connectivity index (χ3v) is 4.39. The van der Waals surface area contributed by atoms with Gasteiger partial charge < -0.3 is 9.67 Å². The minimum atomic E-state index is -0.947. The Labute approximate surface area is 127 Å². The molecule has 0 saturated carbocycles. The molecule has 0 amide bonds. The van der Waals surface area contributed by atoms with Crippen molar-refractivity contribution < 1.29 is 14.7 Å². The Kier molecular flexibility index (Phi) is 4.90. The van der Waals surface area contributed by atoms with Crippen molar-refractivity contribution in [3.8, 4) is 5.69 Å². The molecular weight excluding hydrogens is 288 g/mol. The van der Waals surface area contributed by atoms with E-state index in [-0.39, 0.29) is 18.6 Å². The largest absolute Gasteiger partial charge is 0.481 e. The second-order valence-electron chi connectivity index (χ2n) is 4.86. The number of ketones is 1. The maximum Gasteiger partial charge on any atom is 0.303 e. The van der Waals surface area contributed by atoms with Gasteiger partial charge in [0.05, 0.1) is 17.0 Å². The van der Waals surface area contributed by atoms with Gasteiger partial charge in [0, 0.05) is 30.6 Å². The zero-order valence-electron chi connectivity index (χ0n) is 12.1. The summed E-state index contributed by atoms with van der Waals surface area (Å²) in [5, 5.41) is 10.6. The van der Waals surface area contributed by atoms with E-state index in [0.717, 1.165) is 29.9 Å². The maximum absolute atomic E-state index is 12.1. The second kappa shape index (κ2) is 6.67. The summed E-state index contributed by atoms with van der Waals surface area (Å²) in [5.41, 5.74) is 1.85. The van der Waals surface area contributed by atoms with E-state index in [1.54, 1.807) is 6.20 Å². The third kappa shape index (κ3) is 3.39. The van der Waals surface area contributed by atoms with Crippen LogP contribution in [0.4, 0.5) is 0 Å². The van der Waals surface area contributed by atoms with E-state index in [1.165, 1.54) is 11.3 Å². The Morgan fingerprint density at radius 2 is 2.14 bits per heavy atom. The zero-order chi connectivity index (χ0) is 15.4. The number of carboxylic acid groups (broad SMARTS) is 1. The Morgan fingerprint density at radius 3 is 2.81 bits per heavy atom. The van der Waals surface area contributed by atoms with Crippen LogP contribution in [0.2, 0.25) is 0 Å². The van der Waals surface area contributed by atoms with E-state index in [4.69, 9.17) is 5.11 Å². The van der Waals surface area contributed by atoms with Crippen LogP contribution in [0.5, 0.6) is 0 Å². The molecule has 0 aliphatic carbocycles. The van der Waals surface area contributed by atoms with Crippen molar-refractivity contribution in [1.29, 1.82) is 0 Å². The molecule has 0 bridgehead atoms. The summed E-state index contributed by atoms with van der Waals surface area (Å²) >= 11 is 1.37. The van der Waals surface area contributed by atoms with Crippen LogP contribution in [0, 0.1) is 6.92 Å².